The summed E-state index contributed by atoms with van der Waals surface area (Å²) in [5.74, 6) is -1.41. The van der Waals surface area contributed by atoms with Gasteiger partial charge in [0, 0.05) is 12.2 Å². The van der Waals surface area contributed by atoms with E-state index >= 15 is 0 Å². The van der Waals surface area contributed by atoms with Gasteiger partial charge in [0.25, 0.3) is 10.0 Å². The third kappa shape index (κ3) is 4.37. The number of anilines is 1. The van der Waals surface area contributed by atoms with Crippen LogP contribution in [-0.2, 0) is 31.6 Å². The topological polar surface area (TPSA) is 74.8 Å². The SMILES string of the molecule is CC(=O)[C@@H]1CN(S(=O)(=O)c2ccc(C)cc2)C(c2ccccc2)=C[C@]12C(=O)N(Cc1ccccc1)c1ccccc12. The average Bonchev–Trinajstić information content (AvgIpc) is 3.21. The lowest BCUT2D eigenvalue weighted by Gasteiger charge is -2.43. The number of nitrogens with zero attached hydrogens (tertiary/aromatic N) is 2. The summed E-state index contributed by atoms with van der Waals surface area (Å²) in [5, 5.41) is 0. The maximum Gasteiger partial charge on any atom is 0.264 e. The summed E-state index contributed by atoms with van der Waals surface area (Å²) in [6, 6.07) is 33.1. The minimum absolute atomic E-state index is 0.132. The van der Waals surface area contributed by atoms with Crippen molar-refractivity contribution >= 4 is 33.1 Å². The number of hydrogen-bond donors (Lipinski definition) is 0. The van der Waals surface area contributed by atoms with E-state index in [0.717, 1.165) is 16.8 Å². The van der Waals surface area contributed by atoms with Gasteiger partial charge in [-0.2, -0.15) is 0 Å². The number of para-hydroxylation sites is 1. The van der Waals surface area contributed by atoms with E-state index in [4.69, 9.17) is 0 Å². The summed E-state index contributed by atoms with van der Waals surface area (Å²) in [6.45, 7) is 3.52. The molecule has 6 rings (SSSR count). The summed E-state index contributed by atoms with van der Waals surface area (Å²) in [4.78, 5) is 30.0. The number of amides is 1. The van der Waals surface area contributed by atoms with E-state index in [1.165, 1.54) is 11.2 Å². The molecule has 1 spiro atoms. The molecular weight excluding hydrogens is 532 g/mol. The number of sulfonamides is 1. The van der Waals surface area contributed by atoms with Crippen molar-refractivity contribution in [3.63, 3.8) is 0 Å². The van der Waals surface area contributed by atoms with E-state index in [1.54, 1.807) is 35.2 Å². The molecule has 0 saturated heterocycles. The van der Waals surface area contributed by atoms with E-state index in [2.05, 4.69) is 0 Å². The number of aryl methyl sites for hydroxylation is 1. The van der Waals surface area contributed by atoms with Gasteiger partial charge in [-0.05, 0) is 54.8 Å². The van der Waals surface area contributed by atoms with Gasteiger partial charge in [-0.25, -0.2) is 8.42 Å². The lowest BCUT2D eigenvalue weighted by Crippen LogP contribution is -2.54. The van der Waals surface area contributed by atoms with E-state index in [1.807, 2.05) is 91.9 Å². The molecule has 206 valence electrons. The minimum Gasteiger partial charge on any atom is -0.307 e. The predicted octanol–water partition coefficient (Wildman–Crippen LogP) is 5.73. The fourth-order valence-electron chi connectivity index (χ4n) is 6.05. The maximum absolute atomic E-state index is 14.7. The molecule has 0 radical (unpaired) electrons. The van der Waals surface area contributed by atoms with Crippen molar-refractivity contribution in [1.29, 1.82) is 0 Å². The summed E-state index contributed by atoms with van der Waals surface area (Å²) < 4.78 is 29.6. The normalized spacial score (nSPS) is 20.2. The second-order valence-electron chi connectivity index (χ2n) is 10.7. The average molecular weight is 563 g/mol. The van der Waals surface area contributed by atoms with Crippen LogP contribution in [0.5, 0.6) is 0 Å². The first-order chi connectivity index (χ1) is 19.7. The van der Waals surface area contributed by atoms with Gasteiger partial charge in [-0.15, -0.1) is 0 Å². The molecule has 2 aliphatic heterocycles. The Morgan fingerprint density at radius 1 is 0.854 bits per heavy atom. The lowest BCUT2D eigenvalue weighted by molar-refractivity contribution is -0.131. The first kappa shape index (κ1) is 26.7. The Labute approximate surface area is 240 Å². The molecule has 41 heavy (non-hydrogen) atoms. The van der Waals surface area contributed by atoms with Crippen LogP contribution in [0.25, 0.3) is 5.70 Å². The standard InChI is InChI=1S/C34H30N2O4S/c1-24-17-19-28(20-18-24)41(39,40)36-23-30(25(2)37)34(21-32(36)27-13-7-4-8-14-27)29-15-9-10-16-31(29)35(33(34)38)22-26-11-5-3-6-12-26/h3-21,30H,22-23H2,1-2H3/t30-,34+/m0/s1. The van der Waals surface area contributed by atoms with Crippen LogP contribution in [0, 0.1) is 12.8 Å². The zero-order valence-electron chi connectivity index (χ0n) is 22.9. The first-order valence-electron chi connectivity index (χ1n) is 13.6. The highest BCUT2D eigenvalue weighted by Gasteiger charge is 2.59. The maximum atomic E-state index is 14.7. The van der Waals surface area contributed by atoms with E-state index in [-0.39, 0.29) is 23.1 Å². The summed E-state index contributed by atoms with van der Waals surface area (Å²) in [6.07, 6.45) is 1.73. The second kappa shape index (κ2) is 10.2. The third-order valence-corrected chi connectivity index (χ3v) is 9.92. The quantitative estimate of drug-likeness (QED) is 0.301. The molecule has 4 aromatic rings. The smallest absolute Gasteiger partial charge is 0.264 e. The van der Waals surface area contributed by atoms with Gasteiger partial charge >= 0.3 is 0 Å². The molecule has 2 atom stereocenters. The summed E-state index contributed by atoms with van der Waals surface area (Å²) in [7, 11) is -4.06. The molecule has 1 amide bonds. The Morgan fingerprint density at radius 2 is 1.46 bits per heavy atom. The van der Waals surface area contributed by atoms with Gasteiger partial charge in [0.2, 0.25) is 5.91 Å². The molecule has 0 aromatic heterocycles. The number of ketones is 1. The number of rotatable bonds is 6. The van der Waals surface area contributed by atoms with Crippen molar-refractivity contribution in [2.24, 2.45) is 5.92 Å². The first-order valence-corrected chi connectivity index (χ1v) is 15.0. The second-order valence-corrected chi connectivity index (χ2v) is 12.5. The monoisotopic (exact) mass is 562 g/mol. The van der Waals surface area contributed by atoms with E-state index < -0.39 is 21.4 Å². The lowest BCUT2D eigenvalue weighted by atomic mass is 9.67. The molecule has 0 aliphatic carbocycles. The molecule has 0 fully saturated rings. The van der Waals surface area contributed by atoms with Gasteiger partial charge in [0.05, 0.1) is 23.1 Å². The van der Waals surface area contributed by atoms with Gasteiger partial charge in [-0.3, -0.25) is 13.9 Å². The fraction of sp³-hybridized carbons (Fsp3) is 0.176. The van der Waals surface area contributed by atoms with Crippen molar-refractivity contribution in [3.05, 3.63) is 138 Å². The zero-order chi connectivity index (χ0) is 28.8. The van der Waals surface area contributed by atoms with E-state index in [9.17, 15) is 18.0 Å². The largest absolute Gasteiger partial charge is 0.307 e. The summed E-state index contributed by atoms with van der Waals surface area (Å²) in [5.41, 5.74) is 3.01. The highest BCUT2D eigenvalue weighted by atomic mass is 32.2. The Morgan fingerprint density at radius 3 is 2.12 bits per heavy atom. The predicted molar refractivity (Wildman–Crippen MR) is 159 cm³/mol. The van der Waals surface area contributed by atoms with Gasteiger partial charge in [-0.1, -0.05) is 96.6 Å². The third-order valence-electron chi connectivity index (χ3n) is 8.12. The molecule has 0 N–H and O–H groups in total. The van der Waals surface area contributed by atoms with Crippen LogP contribution in [0.4, 0.5) is 5.69 Å². The fourth-order valence-corrected chi connectivity index (χ4v) is 7.55. The van der Waals surface area contributed by atoms with Gasteiger partial charge < -0.3 is 4.90 Å². The Hall–Kier alpha value is -4.49. The molecule has 0 unspecified atom stereocenters. The molecule has 0 saturated carbocycles. The van der Waals surface area contributed by atoms with Crippen LogP contribution >= 0.6 is 0 Å². The van der Waals surface area contributed by atoms with Crippen molar-refractivity contribution < 1.29 is 18.0 Å². The molecule has 2 aliphatic rings. The Bertz CT molecular complexity index is 1770. The number of carbonyl (C=O) groups is 2. The van der Waals surface area contributed by atoms with Gasteiger partial charge in [0.15, 0.2) is 0 Å². The summed E-state index contributed by atoms with van der Waals surface area (Å²) >= 11 is 0. The Kier molecular flexibility index (Phi) is 6.62. The minimum atomic E-state index is -4.06. The van der Waals surface area contributed by atoms with Gasteiger partial charge in [0.1, 0.15) is 11.2 Å². The number of fused-ring (bicyclic) bond motifs is 2. The number of benzene rings is 4. The molecule has 7 heteroatoms. The van der Waals surface area contributed by atoms with Crippen molar-refractivity contribution in [1.82, 2.24) is 4.31 Å². The van der Waals surface area contributed by atoms with Crippen LogP contribution in [0.1, 0.15) is 29.2 Å². The molecule has 0 bridgehead atoms. The Balaban J connectivity index is 1.59. The van der Waals surface area contributed by atoms with Crippen LogP contribution in [0.15, 0.2) is 120 Å². The highest BCUT2D eigenvalue weighted by molar-refractivity contribution is 7.89. The van der Waals surface area contributed by atoms with Crippen LogP contribution in [0.3, 0.4) is 0 Å². The molecule has 2 heterocycles. The molecule has 6 nitrogen and oxygen atoms in total. The molecular formula is C34H30N2O4S. The number of hydrogen-bond acceptors (Lipinski definition) is 4. The highest BCUT2D eigenvalue weighted by Crippen LogP contribution is 2.53. The van der Waals surface area contributed by atoms with Crippen molar-refractivity contribution in [2.45, 2.75) is 30.7 Å². The van der Waals surface area contributed by atoms with Crippen LogP contribution in [-0.4, -0.2) is 31.0 Å². The number of Topliss-reactive ketones (excluding diaryl/α,β-unsaturated/α-hetero) is 1. The number of carbonyl (C=O) groups excluding carboxylic acids is 2. The van der Waals surface area contributed by atoms with E-state index in [0.29, 0.717) is 23.4 Å². The van der Waals surface area contributed by atoms with Crippen LogP contribution < -0.4 is 4.90 Å². The molecule has 4 aromatic carbocycles. The zero-order valence-corrected chi connectivity index (χ0v) is 23.7. The van der Waals surface area contributed by atoms with Crippen molar-refractivity contribution in [3.8, 4) is 0 Å². The van der Waals surface area contributed by atoms with Crippen molar-refractivity contribution in [2.75, 3.05) is 11.4 Å². The van der Waals surface area contributed by atoms with Crippen LogP contribution in [0.2, 0.25) is 0 Å².